The third-order valence-electron chi connectivity index (χ3n) is 3.19. The second-order valence-corrected chi connectivity index (χ2v) is 6.25. The molecule has 0 radical (unpaired) electrons. The highest BCUT2D eigenvalue weighted by Crippen LogP contribution is 2.26. The van der Waals surface area contributed by atoms with E-state index in [1.807, 2.05) is 23.9 Å². The lowest BCUT2D eigenvalue weighted by Gasteiger charge is -2.13. The molecular formula is C17H20ClNS. The van der Waals surface area contributed by atoms with Gasteiger partial charge in [-0.1, -0.05) is 42.8 Å². The van der Waals surface area contributed by atoms with Crippen LogP contribution in [0.3, 0.4) is 0 Å². The molecule has 1 N–H and O–H groups in total. The van der Waals surface area contributed by atoms with Gasteiger partial charge in [-0.05, 0) is 48.9 Å². The minimum atomic E-state index is 0.399. The summed E-state index contributed by atoms with van der Waals surface area (Å²) in [6.45, 7) is 5.32. The number of hydrogen-bond donors (Lipinski definition) is 1. The largest absolute Gasteiger partial charge is 0.310 e. The first kappa shape index (κ1) is 15.4. The molecule has 2 rings (SSSR count). The highest BCUT2D eigenvalue weighted by Gasteiger charge is 2.04. The SMILES string of the molecule is CCNC(C)c1cccc(SCc2ccc(Cl)cc2)c1. The maximum Gasteiger partial charge on any atom is 0.0406 e. The van der Waals surface area contributed by atoms with Crippen molar-refractivity contribution in [1.29, 1.82) is 0 Å². The van der Waals surface area contributed by atoms with Crippen molar-refractivity contribution in [3.63, 3.8) is 0 Å². The number of nitrogens with one attached hydrogen (secondary N) is 1. The summed E-state index contributed by atoms with van der Waals surface area (Å²) in [6, 6.07) is 17.2. The zero-order chi connectivity index (χ0) is 14.4. The molecule has 20 heavy (non-hydrogen) atoms. The first-order valence-electron chi connectivity index (χ1n) is 6.89. The van der Waals surface area contributed by atoms with Crippen molar-refractivity contribution in [3.05, 3.63) is 64.7 Å². The van der Waals surface area contributed by atoms with Crippen LogP contribution >= 0.6 is 23.4 Å². The number of halogens is 1. The molecule has 0 heterocycles. The Hall–Kier alpha value is -0.960. The Labute approximate surface area is 130 Å². The molecule has 0 saturated heterocycles. The summed E-state index contributed by atoms with van der Waals surface area (Å²) in [5, 5.41) is 4.24. The summed E-state index contributed by atoms with van der Waals surface area (Å²) in [7, 11) is 0. The van der Waals surface area contributed by atoms with Gasteiger partial charge in [-0.2, -0.15) is 0 Å². The molecule has 0 aliphatic rings. The van der Waals surface area contributed by atoms with Gasteiger partial charge in [-0.3, -0.25) is 0 Å². The lowest BCUT2D eigenvalue weighted by Crippen LogP contribution is -2.17. The van der Waals surface area contributed by atoms with Crippen LogP contribution in [0, 0.1) is 0 Å². The van der Waals surface area contributed by atoms with Gasteiger partial charge in [0.25, 0.3) is 0 Å². The average Bonchev–Trinajstić information content (AvgIpc) is 2.47. The number of benzene rings is 2. The number of thioether (sulfide) groups is 1. The zero-order valence-electron chi connectivity index (χ0n) is 11.9. The van der Waals surface area contributed by atoms with Gasteiger partial charge in [0.1, 0.15) is 0 Å². The molecule has 106 valence electrons. The molecular weight excluding hydrogens is 286 g/mol. The van der Waals surface area contributed by atoms with E-state index in [1.165, 1.54) is 16.0 Å². The number of hydrogen-bond acceptors (Lipinski definition) is 2. The third-order valence-corrected chi connectivity index (χ3v) is 4.50. The summed E-state index contributed by atoms with van der Waals surface area (Å²) in [5.41, 5.74) is 2.64. The van der Waals surface area contributed by atoms with Crippen molar-refractivity contribution in [1.82, 2.24) is 5.32 Å². The fraction of sp³-hybridized carbons (Fsp3) is 0.294. The fourth-order valence-corrected chi connectivity index (χ4v) is 3.09. The van der Waals surface area contributed by atoms with Crippen LogP contribution in [0.4, 0.5) is 0 Å². The first-order valence-corrected chi connectivity index (χ1v) is 8.26. The molecule has 0 aromatic heterocycles. The minimum absolute atomic E-state index is 0.399. The number of rotatable bonds is 6. The molecule has 2 aromatic carbocycles. The topological polar surface area (TPSA) is 12.0 Å². The molecule has 3 heteroatoms. The first-order chi connectivity index (χ1) is 9.69. The summed E-state index contributed by atoms with van der Waals surface area (Å²) < 4.78 is 0. The minimum Gasteiger partial charge on any atom is -0.310 e. The highest BCUT2D eigenvalue weighted by molar-refractivity contribution is 7.98. The molecule has 2 aromatic rings. The van der Waals surface area contributed by atoms with Crippen molar-refractivity contribution >= 4 is 23.4 Å². The molecule has 0 fully saturated rings. The van der Waals surface area contributed by atoms with Crippen LogP contribution in [-0.4, -0.2) is 6.54 Å². The van der Waals surface area contributed by atoms with Crippen LogP contribution < -0.4 is 5.32 Å². The Bertz CT molecular complexity index is 539. The summed E-state index contributed by atoms with van der Waals surface area (Å²) in [4.78, 5) is 1.31. The van der Waals surface area contributed by atoms with E-state index >= 15 is 0 Å². The molecule has 0 bridgehead atoms. The summed E-state index contributed by atoms with van der Waals surface area (Å²) in [5.74, 6) is 0.968. The van der Waals surface area contributed by atoms with Gasteiger partial charge >= 0.3 is 0 Å². The van der Waals surface area contributed by atoms with Crippen LogP contribution in [0.15, 0.2) is 53.4 Å². The van der Waals surface area contributed by atoms with E-state index in [0.717, 1.165) is 17.3 Å². The monoisotopic (exact) mass is 305 g/mol. The van der Waals surface area contributed by atoms with Gasteiger partial charge in [0, 0.05) is 21.7 Å². The van der Waals surface area contributed by atoms with E-state index in [9.17, 15) is 0 Å². The maximum absolute atomic E-state index is 5.90. The molecule has 0 saturated carbocycles. The third kappa shape index (κ3) is 4.55. The van der Waals surface area contributed by atoms with Crippen LogP contribution in [0.1, 0.15) is 31.0 Å². The van der Waals surface area contributed by atoms with Gasteiger partial charge in [0.2, 0.25) is 0 Å². The Morgan fingerprint density at radius 1 is 1.15 bits per heavy atom. The predicted molar refractivity (Wildman–Crippen MR) is 89.5 cm³/mol. The van der Waals surface area contributed by atoms with Crippen LogP contribution in [0.25, 0.3) is 0 Å². The van der Waals surface area contributed by atoms with Crippen LogP contribution in [-0.2, 0) is 5.75 Å². The van der Waals surface area contributed by atoms with Gasteiger partial charge in [0.05, 0.1) is 0 Å². The normalized spacial score (nSPS) is 12.3. The standard InChI is InChI=1S/C17H20ClNS/c1-3-19-13(2)15-5-4-6-17(11-15)20-12-14-7-9-16(18)10-8-14/h4-11,13,19H,3,12H2,1-2H3. The molecule has 1 unspecified atom stereocenters. The quantitative estimate of drug-likeness (QED) is 0.727. The van der Waals surface area contributed by atoms with Crippen molar-refractivity contribution in [2.75, 3.05) is 6.54 Å². The van der Waals surface area contributed by atoms with Crippen molar-refractivity contribution in [2.45, 2.75) is 30.5 Å². The fourth-order valence-electron chi connectivity index (χ4n) is 2.05. The Morgan fingerprint density at radius 3 is 2.60 bits per heavy atom. The van der Waals surface area contributed by atoms with E-state index in [4.69, 9.17) is 11.6 Å². The van der Waals surface area contributed by atoms with Crippen molar-refractivity contribution in [2.24, 2.45) is 0 Å². The van der Waals surface area contributed by atoms with Crippen LogP contribution in [0.5, 0.6) is 0 Å². The van der Waals surface area contributed by atoms with E-state index in [2.05, 4.69) is 55.6 Å². The smallest absolute Gasteiger partial charge is 0.0406 e. The van der Waals surface area contributed by atoms with E-state index < -0.39 is 0 Å². The predicted octanol–water partition coefficient (Wildman–Crippen LogP) is 5.30. The van der Waals surface area contributed by atoms with E-state index in [-0.39, 0.29) is 0 Å². The van der Waals surface area contributed by atoms with Crippen molar-refractivity contribution < 1.29 is 0 Å². The second kappa shape index (κ2) is 7.72. The summed E-state index contributed by atoms with van der Waals surface area (Å²) in [6.07, 6.45) is 0. The molecule has 0 aliphatic carbocycles. The second-order valence-electron chi connectivity index (χ2n) is 4.77. The van der Waals surface area contributed by atoms with Gasteiger partial charge in [0.15, 0.2) is 0 Å². The Balaban J connectivity index is 1.99. The Morgan fingerprint density at radius 2 is 1.90 bits per heavy atom. The van der Waals surface area contributed by atoms with Gasteiger partial charge in [-0.15, -0.1) is 11.8 Å². The molecule has 0 aliphatic heterocycles. The van der Waals surface area contributed by atoms with Crippen LogP contribution in [0.2, 0.25) is 5.02 Å². The van der Waals surface area contributed by atoms with E-state index in [1.54, 1.807) is 0 Å². The van der Waals surface area contributed by atoms with E-state index in [0.29, 0.717) is 6.04 Å². The molecule has 0 amide bonds. The molecule has 0 spiro atoms. The molecule has 1 atom stereocenters. The zero-order valence-corrected chi connectivity index (χ0v) is 13.5. The summed E-state index contributed by atoms with van der Waals surface area (Å²) >= 11 is 7.76. The van der Waals surface area contributed by atoms with Gasteiger partial charge < -0.3 is 5.32 Å². The average molecular weight is 306 g/mol. The maximum atomic E-state index is 5.90. The highest BCUT2D eigenvalue weighted by atomic mass is 35.5. The van der Waals surface area contributed by atoms with Crippen molar-refractivity contribution in [3.8, 4) is 0 Å². The lowest BCUT2D eigenvalue weighted by molar-refractivity contribution is 0.597. The van der Waals surface area contributed by atoms with Gasteiger partial charge in [-0.25, -0.2) is 0 Å². The Kier molecular flexibility index (Phi) is 5.96. The lowest BCUT2D eigenvalue weighted by atomic mass is 10.1. The molecule has 1 nitrogen and oxygen atoms in total.